The molecule has 0 spiro atoms. The predicted octanol–water partition coefficient (Wildman–Crippen LogP) is -1.35. The molecular weight excluding hydrogens is 148 g/mol. The van der Waals surface area contributed by atoms with Gasteiger partial charge in [-0.3, -0.25) is 0 Å². The number of aliphatic carboxylic acids is 1. The molecule has 0 aromatic heterocycles. The number of aliphatic hydroxyl groups is 2. The highest BCUT2D eigenvalue weighted by Gasteiger charge is 2.09. The second-order valence-electron chi connectivity index (χ2n) is 2.53. The van der Waals surface area contributed by atoms with E-state index in [4.69, 9.17) is 10.2 Å². The molecular formula is C7H13O4-. The van der Waals surface area contributed by atoms with Crippen molar-refractivity contribution in [3.05, 3.63) is 0 Å². The second kappa shape index (κ2) is 5.09. The first-order chi connectivity index (χ1) is 5.06. The van der Waals surface area contributed by atoms with Crippen LogP contribution in [0.3, 0.4) is 0 Å². The van der Waals surface area contributed by atoms with E-state index < -0.39 is 24.6 Å². The van der Waals surface area contributed by atoms with Crippen molar-refractivity contribution >= 4 is 5.97 Å². The maximum absolute atomic E-state index is 9.93. The van der Waals surface area contributed by atoms with Gasteiger partial charge in [-0.15, -0.1) is 0 Å². The summed E-state index contributed by atoms with van der Waals surface area (Å²) in [4.78, 5) is 9.93. The monoisotopic (exact) mass is 161 g/mol. The van der Waals surface area contributed by atoms with Crippen molar-refractivity contribution < 1.29 is 20.1 Å². The summed E-state index contributed by atoms with van der Waals surface area (Å²) in [5.41, 5.74) is 0. The van der Waals surface area contributed by atoms with Gasteiger partial charge >= 0.3 is 0 Å². The number of rotatable bonds is 5. The molecule has 11 heavy (non-hydrogen) atoms. The van der Waals surface area contributed by atoms with E-state index in [1.165, 1.54) is 0 Å². The van der Waals surface area contributed by atoms with Crippen LogP contribution in [0.5, 0.6) is 0 Å². The maximum Gasteiger partial charge on any atom is 0.0616 e. The Morgan fingerprint density at radius 2 is 2.00 bits per heavy atom. The van der Waals surface area contributed by atoms with Crippen molar-refractivity contribution in [2.24, 2.45) is 0 Å². The fourth-order valence-electron chi connectivity index (χ4n) is 0.756. The lowest BCUT2D eigenvalue weighted by atomic mass is 10.1. The zero-order chi connectivity index (χ0) is 8.85. The van der Waals surface area contributed by atoms with E-state index in [2.05, 4.69) is 0 Å². The first-order valence-corrected chi connectivity index (χ1v) is 3.62. The molecule has 0 aliphatic rings. The SMILES string of the molecule is CCC(O)CC(O)CC(=O)[O-]. The van der Waals surface area contributed by atoms with Crippen molar-refractivity contribution in [3.8, 4) is 0 Å². The van der Waals surface area contributed by atoms with Gasteiger partial charge in [0.15, 0.2) is 0 Å². The Morgan fingerprint density at radius 1 is 1.45 bits per heavy atom. The van der Waals surface area contributed by atoms with Gasteiger partial charge in [-0.1, -0.05) is 6.92 Å². The van der Waals surface area contributed by atoms with Crippen LogP contribution in [0.1, 0.15) is 26.2 Å². The van der Waals surface area contributed by atoms with Crippen LogP contribution in [0.4, 0.5) is 0 Å². The number of hydrogen-bond acceptors (Lipinski definition) is 4. The highest BCUT2D eigenvalue weighted by molar-refractivity contribution is 5.64. The minimum atomic E-state index is -1.29. The summed E-state index contributed by atoms with van der Waals surface area (Å²) in [5, 5.41) is 27.8. The molecule has 0 aromatic rings. The summed E-state index contributed by atoms with van der Waals surface area (Å²) in [7, 11) is 0. The fourth-order valence-corrected chi connectivity index (χ4v) is 0.756. The van der Waals surface area contributed by atoms with Crippen LogP contribution < -0.4 is 5.11 Å². The first kappa shape index (κ1) is 10.4. The largest absolute Gasteiger partial charge is 0.550 e. The van der Waals surface area contributed by atoms with Gasteiger partial charge in [-0.05, 0) is 12.8 Å². The number of aliphatic hydroxyl groups excluding tert-OH is 2. The van der Waals surface area contributed by atoms with Gasteiger partial charge in [0.1, 0.15) is 0 Å². The number of carbonyl (C=O) groups is 1. The summed E-state index contributed by atoms with van der Waals surface area (Å²) < 4.78 is 0. The van der Waals surface area contributed by atoms with Crippen LogP contribution in [0.15, 0.2) is 0 Å². The maximum atomic E-state index is 9.93. The second-order valence-corrected chi connectivity index (χ2v) is 2.53. The Bertz CT molecular complexity index is 124. The average molecular weight is 161 g/mol. The third kappa shape index (κ3) is 5.82. The van der Waals surface area contributed by atoms with E-state index in [1.54, 1.807) is 6.92 Å². The van der Waals surface area contributed by atoms with Gasteiger partial charge in [0.25, 0.3) is 0 Å². The normalized spacial score (nSPS) is 15.9. The lowest BCUT2D eigenvalue weighted by Gasteiger charge is -2.13. The van der Waals surface area contributed by atoms with Crippen LogP contribution in [0.2, 0.25) is 0 Å². The van der Waals surface area contributed by atoms with E-state index >= 15 is 0 Å². The van der Waals surface area contributed by atoms with Crippen LogP contribution in [0.25, 0.3) is 0 Å². The molecule has 4 nitrogen and oxygen atoms in total. The van der Waals surface area contributed by atoms with E-state index in [-0.39, 0.29) is 6.42 Å². The van der Waals surface area contributed by atoms with E-state index in [0.29, 0.717) is 6.42 Å². The van der Waals surface area contributed by atoms with Gasteiger partial charge < -0.3 is 20.1 Å². The molecule has 0 fully saturated rings. The Morgan fingerprint density at radius 3 is 2.36 bits per heavy atom. The molecule has 0 aliphatic carbocycles. The summed E-state index contributed by atoms with van der Waals surface area (Å²) in [6, 6.07) is 0. The summed E-state index contributed by atoms with van der Waals surface area (Å²) in [6.45, 7) is 1.76. The highest BCUT2D eigenvalue weighted by Crippen LogP contribution is 2.04. The molecule has 66 valence electrons. The highest BCUT2D eigenvalue weighted by atomic mass is 16.4. The van der Waals surface area contributed by atoms with Crippen LogP contribution in [0, 0.1) is 0 Å². The molecule has 4 heteroatoms. The van der Waals surface area contributed by atoms with Crippen molar-refractivity contribution in [1.82, 2.24) is 0 Å². The molecule has 0 heterocycles. The third-order valence-electron chi connectivity index (χ3n) is 1.42. The van der Waals surface area contributed by atoms with Gasteiger partial charge in [0, 0.05) is 12.4 Å². The molecule has 0 amide bonds. The zero-order valence-electron chi connectivity index (χ0n) is 6.49. The predicted molar refractivity (Wildman–Crippen MR) is 36.5 cm³/mol. The minimum absolute atomic E-state index is 0.102. The van der Waals surface area contributed by atoms with Crippen LogP contribution >= 0.6 is 0 Å². The Balaban J connectivity index is 3.51. The summed E-state index contributed by atoms with van der Waals surface area (Å²) in [5.74, 6) is -1.29. The lowest BCUT2D eigenvalue weighted by Crippen LogP contribution is -2.29. The van der Waals surface area contributed by atoms with Crippen molar-refractivity contribution in [2.75, 3.05) is 0 Å². The average Bonchev–Trinajstić information content (AvgIpc) is 1.85. The van der Waals surface area contributed by atoms with Crippen LogP contribution in [-0.4, -0.2) is 28.4 Å². The summed E-state index contributed by atoms with van der Waals surface area (Å²) >= 11 is 0. The smallest absolute Gasteiger partial charge is 0.0616 e. The molecule has 0 aromatic carbocycles. The van der Waals surface area contributed by atoms with Crippen LogP contribution in [-0.2, 0) is 4.79 Å². The summed E-state index contributed by atoms with van der Waals surface area (Å²) in [6.07, 6.45) is -1.40. The topological polar surface area (TPSA) is 80.6 Å². The van der Waals surface area contributed by atoms with Gasteiger partial charge in [0.2, 0.25) is 0 Å². The minimum Gasteiger partial charge on any atom is -0.550 e. The number of carboxylic acids is 1. The standard InChI is InChI=1S/C7H14O4/c1-2-5(8)3-6(9)4-7(10)11/h5-6,8-9H,2-4H2,1H3,(H,10,11)/p-1. The molecule has 2 atom stereocenters. The molecule has 0 radical (unpaired) electrons. The lowest BCUT2D eigenvalue weighted by molar-refractivity contribution is -0.307. The molecule has 0 rings (SSSR count). The van der Waals surface area contributed by atoms with Crippen molar-refractivity contribution in [3.63, 3.8) is 0 Å². The molecule has 0 aliphatic heterocycles. The first-order valence-electron chi connectivity index (χ1n) is 3.62. The van der Waals surface area contributed by atoms with E-state index in [1.807, 2.05) is 0 Å². The molecule has 0 bridgehead atoms. The Labute approximate surface area is 65.5 Å². The molecule has 0 saturated heterocycles. The molecule has 0 saturated carbocycles. The molecule has 2 N–H and O–H groups in total. The number of hydrogen-bond donors (Lipinski definition) is 2. The quantitative estimate of drug-likeness (QED) is 0.522. The third-order valence-corrected chi connectivity index (χ3v) is 1.42. The van der Waals surface area contributed by atoms with Crippen molar-refractivity contribution in [1.29, 1.82) is 0 Å². The van der Waals surface area contributed by atoms with Gasteiger partial charge in [-0.2, -0.15) is 0 Å². The van der Waals surface area contributed by atoms with Gasteiger partial charge in [0.05, 0.1) is 12.2 Å². The fraction of sp³-hybridized carbons (Fsp3) is 0.857. The number of carboxylic acid groups (broad SMARTS) is 1. The Hall–Kier alpha value is -0.610. The van der Waals surface area contributed by atoms with Crippen molar-refractivity contribution in [2.45, 2.75) is 38.4 Å². The van der Waals surface area contributed by atoms with E-state index in [0.717, 1.165) is 0 Å². The van der Waals surface area contributed by atoms with Gasteiger partial charge in [-0.25, -0.2) is 0 Å². The van der Waals surface area contributed by atoms with E-state index in [9.17, 15) is 9.90 Å². The zero-order valence-corrected chi connectivity index (χ0v) is 6.49. The molecule has 2 unspecified atom stereocenters. The number of carbonyl (C=O) groups excluding carboxylic acids is 1. The Kier molecular flexibility index (Phi) is 4.81.